The van der Waals surface area contributed by atoms with Crippen LogP contribution in [0, 0.1) is 0 Å². The van der Waals surface area contributed by atoms with Crippen molar-refractivity contribution in [1.29, 1.82) is 0 Å². The van der Waals surface area contributed by atoms with Gasteiger partial charge in [0.1, 0.15) is 0 Å². The second-order valence-electron chi connectivity index (χ2n) is 25.1. The molecule has 0 aliphatic rings. The van der Waals surface area contributed by atoms with Gasteiger partial charge in [0, 0.05) is 94.8 Å². The number of fused-ring (bicyclic) bond motifs is 19. The standard InChI is InChI=1S/C88H52N4S2/c1-2-18-61(19-3-1)89-73-24-10-6-20-63(73)68-47-55(34-41-75(68)89)58-35-42-76-71(50-58)72-51-59(36-43-77(72)90(76)62-39-32-53-16-4-5-17-54(53)46-62)60-33-40-65-70-49-57(38-45-79(70)92(82(65)52-60)81-27-15-31-86-88(81)67-23-9-13-29-84(67)94-86)56-37-44-78-69(48-56)64-21-7-11-25-74(64)91(78)80-26-14-30-85-87(80)66-22-8-12-28-83(66)93-85/h1-52H. The van der Waals surface area contributed by atoms with E-state index in [1.807, 2.05) is 22.7 Å². The third kappa shape index (κ3) is 7.55. The Balaban J connectivity index is 0.754. The molecule has 15 aromatic carbocycles. The highest BCUT2D eigenvalue weighted by atomic mass is 32.1. The predicted octanol–water partition coefficient (Wildman–Crippen LogP) is 25.0. The van der Waals surface area contributed by atoms with Gasteiger partial charge in [-0.1, -0.05) is 176 Å². The molecule has 6 heteroatoms. The summed E-state index contributed by atoms with van der Waals surface area (Å²) in [6.45, 7) is 0. The summed E-state index contributed by atoms with van der Waals surface area (Å²) >= 11 is 3.74. The van der Waals surface area contributed by atoms with Crippen molar-refractivity contribution in [3.05, 3.63) is 315 Å². The van der Waals surface area contributed by atoms with Gasteiger partial charge in [-0.15, -0.1) is 22.7 Å². The van der Waals surface area contributed by atoms with Gasteiger partial charge in [-0.25, -0.2) is 0 Å². The van der Waals surface area contributed by atoms with Gasteiger partial charge >= 0.3 is 0 Å². The van der Waals surface area contributed by atoms with E-state index in [9.17, 15) is 0 Å². The van der Waals surface area contributed by atoms with E-state index in [0.29, 0.717) is 0 Å². The lowest BCUT2D eigenvalue weighted by molar-refractivity contribution is 1.18. The molecule has 6 heterocycles. The second kappa shape index (κ2) is 19.9. The Morgan fingerprint density at radius 3 is 1.07 bits per heavy atom. The highest BCUT2D eigenvalue weighted by molar-refractivity contribution is 7.26. The maximum absolute atomic E-state index is 2.55. The first-order valence-electron chi connectivity index (χ1n) is 32.2. The Morgan fingerprint density at radius 2 is 0.543 bits per heavy atom. The number of nitrogens with zero attached hydrogens (tertiary/aromatic N) is 4. The third-order valence-electron chi connectivity index (χ3n) is 20.1. The highest BCUT2D eigenvalue weighted by Gasteiger charge is 2.23. The van der Waals surface area contributed by atoms with Crippen molar-refractivity contribution >= 4 is 161 Å². The van der Waals surface area contributed by atoms with Gasteiger partial charge in [-0.3, -0.25) is 0 Å². The SMILES string of the molecule is c1ccc(-n2c3ccccc3c3cc(-c4ccc5c(c4)c4cc(-c6ccc7c8cc(-c9ccc%10c(c9)c9ccccc9n%10-c9cccc%10sc%11ccccc%11c9%10)ccc8n(-c8cccc9sc%10ccccc%10c89)c7c6)ccc4n5-c4ccc5ccccc5c4)ccc32)cc1. The second-order valence-corrected chi connectivity index (χ2v) is 27.3. The van der Waals surface area contributed by atoms with Crippen LogP contribution in [-0.2, 0) is 0 Å². The van der Waals surface area contributed by atoms with Crippen LogP contribution in [-0.4, -0.2) is 18.3 Å². The monoisotopic (exact) mass is 1230 g/mol. The molecule has 0 fully saturated rings. The molecule has 21 aromatic rings. The van der Waals surface area contributed by atoms with E-state index in [-0.39, 0.29) is 0 Å². The minimum atomic E-state index is 1.14. The van der Waals surface area contributed by atoms with Crippen LogP contribution in [0.15, 0.2) is 315 Å². The molecule has 0 unspecified atom stereocenters. The van der Waals surface area contributed by atoms with Gasteiger partial charge in [0.15, 0.2) is 0 Å². The first kappa shape index (κ1) is 51.9. The van der Waals surface area contributed by atoms with E-state index in [1.165, 1.54) is 178 Å². The van der Waals surface area contributed by atoms with E-state index < -0.39 is 0 Å². The van der Waals surface area contributed by atoms with Gasteiger partial charge in [0.2, 0.25) is 0 Å². The molecule has 0 saturated carbocycles. The first-order valence-corrected chi connectivity index (χ1v) is 33.8. The van der Waals surface area contributed by atoms with Crippen molar-refractivity contribution in [3.63, 3.8) is 0 Å². The number of benzene rings is 15. The maximum atomic E-state index is 2.55. The van der Waals surface area contributed by atoms with Crippen LogP contribution in [0.25, 0.3) is 194 Å². The lowest BCUT2D eigenvalue weighted by Crippen LogP contribution is -1.95. The average Bonchev–Trinajstić information content (AvgIpc) is 1.58. The molecule has 0 aliphatic heterocycles. The van der Waals surface area contributed by atoms with Gasteiger partial charge in [-0.05, 0) is 184 Å². The van der Waals surface area contributed by atoms with Crippen LogP contribution in [0.1, 0.15) is 0 Å². The Morgan fingerprint density at radius 1 is 0.181 bits per heavy atom. The molecule has 0 aliphatic carbocycles. The minimum absolute atomic E-state index is 1.14. The molecule has 0 radical (unpaired) electrons. The molecule has 0 bridgehead atoms. The fraction of sp³-hybridized carbons (Fsp3) is 0. The summed E-state index contributed by atoms with van der Waals surface area (Å²) in [5.74, 6) is 0. The topological polar surface area (TPSA) is 19.7 Å². The number of thiophene rings is 2. The molecule has 436 valence electrons. The average molecular weight is 1230 g/mol. The Bertz CT molecular complexity index is 6800. The van der Waals surface area contributed by atoms with Gasteiger partial charge in [0.25, 0.3) is 0 Å². The summed E-state index contributed by atoms with van der Waals surface area (Å²) in [7, 11) is 0. The van der Waals surface area contributed by atoms with Crippen LogP contribution in [0.2, 0.25) is 0 Å². The molecule has 6 aromatic heterocycles. The van der Waals surface area contributed by atoms with Crippen molar-refractivity contribution in [3.8, 4) is 56.1 Å². The van der Waals surface area contributed by atoms with Crippen molar-refractivity contribution in [2.45, 2.75) is 0 Å². The van der Waals surface area contributed by atoms with Crippen molar-refractivity contribution in [2.75, 3.05) is 0 Å². The van der Waals surface area contributed by atoms with E-state index in [1.54, 1.807) is 0 Å². The predicted molar refractivity (Wildman–Crippen MR) is 403 cm³/mol. The van der Waals surface area contributed by atoms with E-state index >= 15 is 0 Å². The summed E-state index contributed by atoms with van der Waals surface area (Å²) in [5, 5.41) is 17.4. The zero-order valence-electron chi connectivity index (χ0n) is 50.6. The van der Waals surface area contributed by atoms with Crippen LogP contribution in [0.4, 0.5) is 0 Å². The van der Waals surface area contributed by atoms with Crippen LogP contribution >= 0.6 is 22.7 Å². The lowest BCUT2D eigenvalue weighted by atomic mass is 9.98. The van der Waals surface area contributed by atoms with E-state index in [4.69, 9.17) is 0 Å². The van der Waals surface area contributed by atoms with Gasteiger partial charge in [-0.2, -0.15) is 0 Å². The smallest absolute Gasteiger partial charge is 0.0555 e. The van der Waals surface area contributed by atoms with Crippen LogP contribution in [0.5, 0.6) is 0 Å². The summed E-state index contributed by atoms with van der Waals surface area (Å²) < 4.78 is 15.1. The molecule has 0 saturated heterocycles. The van der Waals surface area contributed by atoms with E-state index in [2.05, 4.69) is 334 Å². The Labute approximate surface area is 547 Å². The summed E-state index contributed by atoms with van der Waals surface area (Å²) in [6.07, 6.45) is 0. The van der Waals surface area contributed by atoms with Crippen molar-refractivity contribution in [2.24, 2.45) is 0 Å². The number of aromatic nitrogens is 4. The Kier molecular flexibility index (Phi) is 11.0. The molecule has 21 rings (SSSR count). The summed E-state index contributed by atoms with van der Waals surface area (Å²) in [4.78, 5) is 0. The minimum Gasteiger partial charge on any atom is -0.309 e. The number of rotatable bonds is 7. The Hall–Kier alpha value is -11.8. The zero-order valence-corrected chi connectivity index (χ0v) is 52.3. The lowest BCUT2D eigenvalue weighted by Gasteiger charge is -2.12. The molecule has 0 spiro atoms. The van der Waals surface area contributed by atoms with Crippen molar-refractivity contribution in [1.82, 2.24) is 18.3 Å². The maximum Gasteiger partial charge on any atom is 0.0555 e. The van der Waals surface area contributed by atoms with Crippen molar-refractivity contribution < 1.29 is 0 Å². The third-order valence-corrected chi connectivity index (χ3v) is 22.4. The largest absolute Gasteiger partial charge is 0.309 e. The molecule has 0 atom stereocenters. The summed E-state index contributed by atoms with van der Waals surface area (Å²) in [5.41, 5.74) is 21.3. The quantitative estimate of drug-likeness (QED) is 0.152. The van der Waals surface area contributed by atoms with Gasteiger partial charge < -0.3 is 18.3 Å². The molecule has 94 heavy (non-hydrogen) atoms. The molecule has 0 N–H and O–H groups in total. The zero-order chi connectivity index (χ0) is 61.3. The van der Waals surface area contributed by atoms with E-state index in [0.717, 1.165) is 16.9 Å². The molecular weight excluding hydrogens is 1180 g/mol. The van der Waals surface area contributed by atoms with Crippen LogP contribution < -0.4 is 0 Å². The van der Waals surface area contributed by atoms with Crippen LogP contribution in [0.3, 0.4) is 0 Å². The number of para-hydroxylation sites is 3. The highest BCUT2D eigenvalue weighted by Crippen LogP contribution is 2.47. The number of hydrogen-bond acceptors (Lipinski definition) is 2. The number of hydrogen-bond donors (Lipinski definition) is 0. The fourth-order valence-electron chi connectivity index (χ4n) is 15.9. The summed E-state index contributed by atoms with van der Waals surface area (Å²) in [6, 6.07) is 118. The molecule has 0 amide bonds. The normalized spacial score (nSPS) is 12.3. The fourth-order valence-corrected chi connectivity index (χ4v) is 18.2. The molecular formula is C88H52N4S2. The van der Waals surface area contributed by atoms with Gasteiger partial charge in [0.05, 0.1) is 55.5 Å². The molecule has 4 nitrogen and oxygen atoms in total. The first-order chi connectivity index (χ1) is 46.6.